The quantitative estimate of drug-likeness (QED) is 0.686. The lowest BCUT2D eigenvalue weighted by atomic mass is 9.74. The summed E-state index contributed by atoms with van der Waals surface area (Å²) in [7, 11) is 0. The Morgan fingerprint density at radius 1 is 1.19 bits per heavy atom. The number of nitrogens with zero attached hydrogens (tertiary/aromatic N) is 1. The molecule has 1 heterocycles. The van der Waals surface area contributed by atoms with Crippen LogP contribution in [0, 0.1) is 0 Å². The van der Waals surface area contributed by atoms with Gasteiger partial charge in [0, 0.05) is 22.5 Å². The first-order chi connectivity index (χ1) is 12.5. The van der Waals surface area contributed by atoms with Gasteiger partial charge in [0.05, 0.1) is 6.04 Å². The van der Waals surface area contributed by atoms with Crippen molar-refractivity contribution in [2.24, 2.45) is 0 Å². The largest absolute Gasteiger partial charge is 0.508 e. The van der Waals surface area contributed by atoms with Crippen LogP contribution in [0.15, 0.2) is 42.5 Å². The maximum absolute atomic E-state index is 13.1. The Hall–Kier alpha value is -2.20. The van der Waals surface area contributed by atoms with Crippen molar-refractivity contribution in [3.63, 3.8) is 0 Å². The SMILES string of the molecule is CC(C)(C)OC(=O)N1CC(C)(C)c2ccccc2C1c1cc(Cl)ccc1O. The molecule has 0 bridgehead atoms. The van der Waals surface area contributed by atoms with Crippen LogP contribution in [-0.4, -0.2) is 28.2 Å². The molecule has 2 aromatic carbocycles. The Kier molecular flexibility index (Phi) is 4.89. The van der Waals surface area contributed by atoms with E-state index in [1.807, 2.05) is 39.0 Å². The van der Waals surface area contributed by atoms with Crippen LogP contribution in [0.4, 0.5) is 4.79 Å². The van der Waals surface area contributed by atoms with Crippen molar-refractivity contribution in [3.05, 3.63) is 64.2 Å². The van der Waals surface area contributed by atoms with Crippen molar-refractivity contribution in [3.8, 4) is 5.75 Å². The van der Waals surface area contributed by atoms with Crippen molar-refractivity contribution >= 4 is 17.7 Å². The number of benzene rings is 2. The van der Waals surface area contributed by atoms with Gasteiger partial charge in [0.25, 0.3) is 0 Å². The van der Waals surface area contributed by atoms with Gasteiger partial charge in [-0.3, -0.25) is 4.90 Å². The molecule has 2 aromatic rings. The Balaban J connectivity index is 2.19. The first-order valence-corrected chi connectivity index (χ1v) is 9.45. The first-order valence-electron chi connectivity index (χ1n) is 9.07. The van der Waals surface area contributed by atoms with Crippen molar-refractivity contribution in [1.29, 1.82) is 0 Å². The number of ether oxygens (including phenoxy) is 1. The topological polar surface area (TPSA) is 49.8 Å². The van der Waals surface area contributed by atoms with E-state index in [-0.39, 0.29) is 11.2 Å². The normalized spacial score (nSPS) is 18.7. The molecule has 1 aliphatic rings. The van der Waals surface area contributed by atoms with E-state index in [0.29, 0.717) is 17.1 Å². The zero-order valence-electron chi connectivity index (χ0n) is 16.4. The van der Waals surface area contributed by atoms with Crippen molar-refractivity contribution < 1.29 is 14.6 Å². The average Bonchev–Trinajstić information content (AvgIpc) is 2.55. The summed E-state index contributed by atoms with van der Waals surface area (Å²) in [6.07, 6.45) is -0.408. The zero-order valence-corrected chi connectivity index (χ0v) is 17.2. The smallest absolute Gasteiger partial charge is 0.411 e. The van der Waals surface area contributed by atoms with Gasteiger partial charge >= 0.3 is 6.09 Å². The second-order valence-corrected chi connectivity index (χ2v) is 9.12. The number of carbonyl (C=O) groups excluding carboxylic acids is 1. The molecule has 1 amide bonds. The van der Waals surface area contributed by atoms with Crippen molar-refractivity contribution in [2.75, 3.05) is 6.54 Å². The molecule has 0 spiro atoms. The first kappa shape index (κ1) is 19.6. The van der Waals surface area contributed by atoms with Crippen LogP contribution in [0.3, 0.4) is 0 Å². The van der Waals surface area contributed by atoms with Crippen LogP contribution < -0.4 is 0 Å². The van der Waals surface area contributed by atoms with Gasteiger partial charge in [-0.05, 0) is 50.1 Å². The van der Waals surface area contributed by atoms with Crippen LogP contribution in [-0.2, 0) is 10.2 Å². The fraction of sp³-hybridized carbons (Fsp3) is 0.409. The van der Waals surface area contributed by atoms with Gasteiger partial charge in [-0.1, -0.05) is 49.7 Å². The van der Waals surface area contributed by atoms with Gasteiger partial charge in [-0.15, -0.1) is 0 Å². The Morgan fingerprint density at radius 2 is 1.85 bits per heavy atom. The Bertz CT molecular complexity index is 870. The minimum absolute atomic E-state index is 0.104. The highest BCUT2D eigenvalue weighted by Gasteiger charge is 2.42. The number of hydrogen-bond donors (Lipinski definition) is 1. The second-order valence-electron chi connectivity index (χ2n) is 8.69. The molecular weight excluding hydrogens is 362 g/mol. The van der Waals surface area contributed by atoms with Gasteiger partial charge in [-0.25, -0.2) is 4.79 Å². The number of phenolic OH excluding ortho intramolecular Hbond substituents is 1. The third-order valence-electron chi connectivity index (χ3n) is 4.77. The fourth-order valence-corrected chi connectivity index (χ4v) is 3.87. The van der Waals surface area contributed by atoms with E-state index in [1.165, 1.54) is 0 Å². The van der Waals surface area contributed by atoms with E-state index in [4.69, 9.17) is 16.3 Å². The number of phenols is 1. The summed E-state index contributed by atoms with van der Waals surface area (Å²) in [5.41, 5.74) is 1.85. The lowest BCUT2D eigenvalue weighted by Crippen LogP contribution is -2.49. The number of halogens is 1. The molecule has 3 rings (SSSR count). The minimum atomic E-state index is -0.612. The van der Waals surface area contributed by atoms with Gasteiger partial charge in [-0.2, -0.15) is 0 Å². The van der Waals surface area contributed by atoms with E-state index >= 15 is 0 Å². The molecule has 1 atom stereocenters. The summed E-state index contributed by atoms with van der Waals surface area (Å²) < 4.78 is 5.68. The maximum Gasteiger partial charge on any atom is 0.411 e. The van der Waals surface area contributed by atoms with Gasteiger partial charge in [0.1, 0.15) is 11.4 Å². The van der Waals surface area contributed by atoms with E-state index < -0.39 is 17.7 Å². The molecule has 0 saturated carbocycles. The predicted molar refractivity (Wildman–Crippen MR) is 107 cm³/mol. The standard InChI is InChI=1S/C22H26ClNO3/c1-21(2,3)27-20(26)24-13-22(4,5)17-9-7-6-8-15(17)19(24)16-12-14(23)10-11-18(16)25/h6-12,19,25H,13H2,1-5H3. The van der Waals surface area contributed by atoms with Crippen molar-refractivity contribution in [2.45, 2.75) is 51.7 Å². The second kappa shape index (κ2) is 6.75. The lowest BCUT2D eigenvalue weighted by molar-refractivity contribution is 0.0119. The fourth-order valence-electron chi connectivity index (χ4n) is 3.69. The van der Waals surface area contributed by atoms with E-state index in [2.05, 4.69) is 19.9 Å². The van der Waals surface area contributed by atoms with Crippen LogP contribution >= 0.6 is 11.6 Å². The van der Waals surface area contributed by atoms with Gasteiger partial charge < -0.3 is 9.84 Å². The minimum Gasteiger partial charge on any atom is -0.508 e. The highest BCUT2D eigenvalue weighted by molar-refractivity contribution is 6.30. The number of amides is 1. The molecule has 27 heavy (non-hydrogen) atoms. The third kappa shape index (κ3) is 3.91. The van der Waals surface area contributed by atoms with Crippen LogP contribution in [0.5, 0.6) is 5.75 Å². The summed E-state index contributed by atoms with van der Waals surface area (Å²) in [4.78, 5) is 14.8. The molecule has 0 radical (unpaired) electrons. The molecule has 1 N–H and O–H groups in total. The number of hydrogen-bond acceptors (Lipinski definition) is 3. The summed E-state index contributed by atoms with van der Waals surface area (Å²) in [5.74, 6) is 0.104. The Morgan fingerprint density at radius 3 is 2.52 bits per heavy atom. The number of rotatable bonds is 1. The molecule has 0 saturated heterocycles. The van der Waals surface area contributed by atoms with Gasteiger partial charge in [0.2, 0.25) is 0 Å². The molecular formula is C22H26ClNO3. The molecule has 0 aliphatic carbocycles. The number of carbonyl (C=O) groups is 1. The van der Waals surface area contributed by atoms with Crippen LogP contribution in [0.1, 0.15) is 57.4 Å². The number of fused-ring (bicyclic) bond motifs is 1. The lowest BCUT2D eigenvalue weighted by Gasteiger charge is -2.45. The van der Waals surface area contributed by atoms with E-state index in [9.17, 15) is 9.90 Å². The average molecular weight is 388 g/mol. The highest BCUT2D eigenvalue weighted by atomic mass is 35.5. The van der Waals surface area contributed by atoms with Crippen molar-refractivity contribution in [1.82, 2.24) is 4.90 Å². The Labute approximate surface area is 165 Å². The summed E-state index contributed by atoms with van der Waals surface area (Å²) >= 11 is 6.21. The number of aromatic hydroxyl groups is 1. The molecule has 0 aromatic heterocycles. The molecule has 1 aliphatic heterocycles. The van der Waals surface area contributed by atoms with E-state index in [0.717, 1.165) is 11.1 Å². The summed E-state index contributed by atoms with van der Waals surface area (Å²) in [6, 6.07) is 12.5. The predicted octanol–water partition coefficient (Wildman–Crippen LogP) is 5.66. The van der Waals surface area contributed by atoms with Crippen LogP contribution in [0.2, 0.25) is 5.02 Å². The molecule has 4 nitrogen and oxygen atoms in total. The van der Waals surface area contributed by atoms with E-state index in [1.54, 1.807) is 23.1 Å². The maximum atomic E-state index is 13.1. The van der Waals surface area contributed by atoms with Gasteiger partial charge in [0.15, 0.2) is 0 Å². The zero-order chi connectivity index (χ0) is 20.0. The summed E-state index contributed by atoms with van der Waals surface area (Å²) in [5, 5.41) is 11.0. The third-order valence-corrected chi connectivity index (χ3v) is 5.01. The summed E-state index contributed by atoms with van der Waals surface area (Å²) in [6.45, 7) is 10.2. The molecule has 5 heteroatoms. The molecule has 0 fully saturated rings. The highest BCUT2D eigenvalue weighted by Crippen LogP contribution is 2.45. The molecule has 1 unspecified atom stereocenters. The van der Waals surface area contributed by atoms with Crippen LogP contribution in [0.25, 0.3) is 0 Å². The molecule has 144 valence electrons. The monoisotopic (exact) mass is 387 g/mol.